The van der Waals surface area contributed by atoms with E-state index in [0.717, 1.165) is 31.5 Å². The number of nitrogens with zero attached hydrogens (tertiary/aromatic N) is 3. The van der Waals surface area contributed by atoms with Crippen molar-refractivity contribution in [2.24, 2.45) is 0 Å². The van der Waals surface area contributed by atoms with E-state index in [0.29, 0.717) is 18.9 Å². The van der Waals surface area contributed by atoms with E-state index in [-0.39, 0.29) is 12.5 Å². The number of benzene rings is 1. The van der Waals surface area contributed by atoms with Gasteiger partial charge in [0.2, 0.25) is 5.91 Å². The minimum Gasteiger partial charge on any atom is -0.394 e. The van der Waals surface area contributed by atoms with Gasteiger partial charge in [-0.05, 0) is 37.0 Å². The maximum atomic E-state index is 12.6. The Morgan fingerprint density at radius 2 is 2.00 bits per heavy atom. The summed E-state index contributed by atoms with van der Waals surface area (Å²) in [7, 11) is 0. The largest absolute Gasteiger partial charge is 0.394 e. The summed E-state index contributed by atoms with van der Waals surface area (Å²) < 4.78 is 1.88. The topological polar surface area (TPSA) is 58.4 Å². The van der Waals surface area contributed by atoms with Crippen molar-refractivity contribution in [2.45, 2.75) is 38.6 Å². The molecule has 24 heavy (non-hydrogen) atoms. The van der Waals surface area contributed by atoms with Crippen LogP contribution < -0.4 is 0 Å². The molecule has 5 heteroatoms. The van der Waals surface area contributed by atoms with Crippen molar-refractivity contribution in [1.29, 1.82) is 0 Å². The third kappa shape index (κ3) is 3.67. The first-order chi connectivity index (χ1) is 11.7. The van der Waals surface area contributed by atoms with Crippen LogP contribution in [0, 0.1) is 6.92 Å². The molecule has 0 unspecified atom stereocenters. The first kappa shape index (κ1) is 16.7. The van der Waals surface area contributed by atoms with Gasteiger partial charge in [-0.3, -0.25) is 9.48 Å². The average Bonchev–Trinajstić information content (AvgIpc) is 3.06. The zero-order valence-electron chi connectivity index (χ0n) is 14.2. The van der Waals surface area contributed by atoms with Crippen LogP contribution in [-0.2, 0) is 17.8 Å². The molecular formula is C19H25N3O2. The number of aliphatic hydroxyl groups excluding tert-OH is 1. The van der Waals surface area contributed by atoms with Crippen molar-refractivity contribution >= 4 is 5.91 Å². The molecule has 2 aromatic rings. The Morgan fingerprint density at radius 1 is 1.25 bits per heavy atom. The Bertz CT molecular complexity index is 687. The Kier molecular flexibility index (Phi) is 5.30. The number of rotatable bonds is 5. The number of aromatic nitrogens is 2. The molecular weight excluding hydrogens is 302 g/mol. The monoisotopic (exact) mass is 327 g/mol. The maximum absolute atomic E-state index is 12.6. The number of piperidine rings is 1. The first-order valence-corrected chi connectivity index (χ1v) is 8.64. The van der Waals surface area contributed by atoms with E-state index < -0.39 is 0 Å². The molecule has 1 saturated heterocycles. The van der Waals surface area contributed by atoms with Gasteiger partial charge in [-0.2, -0.15) is 5.10 Å². The van der Waals surface area contributed by atoms with E-state index in [4.69, 9.17) is 5.11 Å². The summed E-state index contributed by atoms with van der Waals surface area (Å²) in [4.78, 5) is 14.5. The second-order valence-electron chi connectivity index (χ2n) is 6.46. The van der Waals surface area contributed by atoms with Gasteiger partial charge in [0, 0.05) is 30.9 Å². The highest BCUT2D eigenvalue weighted by atomic mass is 16.3. The van der Waals surface area contributed by atoms with E-state index in [9.17, 15) is 4.79 Å². The van der Waals surface area contributed by atoms with Crippen LogP contribution in [0.25, 0.3) is 0 Å². The van der Waals surface area contributed by atoms with E-state index >= 15 is 0 Å². The number of aliphatic hydroxyl groups is 1. The van der Waals surface area contributed by atoms with Gasteiger partial charge in [-0.25, -0.2) is 0 Å². The van der Waals surface area contributed by atoms with Crippen LogP contribution in [0.1, 0.15) is 35.6 Å². The molecule has 0 atom stereocenters. The van der Waals surface area contributed by atoms with Crippen LogP contribution in [0.3, 0.4) is 0 Å². The highest BCUT2D eigenvalue weighted by Gasteiger charge is 2.25. The fourth-order valence-electron chi connectivity index (χ4n) is 3.48. The summed E-state index contributed by atoms with van der Waals surface area (Å²) in [6.07, 6.45) is 4.19. The van der Waals surface area contributed by atoms with Crippen LogP contribution in [-0.4, -0.2) is 45.4 Å². The highest BCUT2D eigenvalue weighted by molar-refractivity contribution is 5.79. The molecule has 128 valence electrons. The second kappa shape index (κ2) is 7.62. The Balaban J connectivity index is 1.57. The van der Waals surface area contributed by atoms with Crippen LogP contribution >= 0.6 is 0 Å². The zero-order chi connectivity index (χ0) is 16.9. The van der Waals surface area contributed by atoms with Gasteiger partial charge < -0.3 is 10.0 Å². The molecule has 2 heterocycles. The quantitative estimate of drug-likeness (QED) is 0.915. The van der Waals surface area contributed by atoms with Crippen LogP contribution in [0.15, 0.2) is 36.5 Å². The third-order valence-corrected chi connectivity index (χ3v) is 4.93. The van der Waals surface area contributed by atoms with Gasteiger partial charge in [0.15, 0.2) is 0 Å². The van der Waals surface area contributed by atoms with E-state index in [1.54, 1.807) is 6.20 Å². The summed E-state index contributed by atoms with van der Waals surface area (Å²) in [6.45, 7) is 4.27. The number of likely N-dealkylation sites (tertiary alicyclic amines) is 1. The van der Waals surface area contributed by atoms with Crippen LogP contribution in [0.2, 0.25) is 0 Å². The lowest BCUT2D eigenvalue weighted by Gasteiger charge is -2.32. The van der Waals surface area contributed by atoms with Crippen molar-refractivity contribution in [3.8, 4) is 0 Å². The summed E-state index contributed by atoms with van der Waals surface area (Å²) in [5, 5.41) is 13.4. The molecule has 0 aliphatic carbocycles. The number of amides is 1. The molecule has 1 aliphatic rings. The molecule has 0 saturated carbocycles. The predicted molar refractivity (Wildman–Crippen MR) is 92.8 cm³/mol. The number of hydrogen-bond acceptors (Lipinski definition) is 3. The van der Waals surface area contributed by atoms with Crippen LogP contribution in [0.4, 0.5) is 0 Å². The van der Waals surface area contributed by atoms with E-state index in [2.05, 4.69) is 18.1 Å². The summed E-state index contributed by atoms with van der Waals surface area (Å²) in [5.41, 5.74) is 3.47. The highest BCUT2D eigenvalue weighted by Crippen LogP contribution is 2.28. The number of aryl methyl sites for hydroxylation is 1. The summed E-state index contributed by atoms with van der Waals surface area (Å²) in [6, 6.07) is 10.1. The number of carbonyl (C=O) groups excluding carboxylic acids is 1. The SMILES string of the molecule is Cc1ccccc1CC(=O)N1CCC(c2ccnn2CCO)CC1. The summed E-state index contributed by atoms with van der Waals surface area (Å²) >= 11 is 0. The van der Waals surface area contributed by atoms with Crippen molar-refractivity contribution in [3.63, 3.8) is 0 Å². The van der Waals surface area contributed by atoms with Gasteiger partial charge in [0.05, 0.1) is 19.6 Å². The minimum absolute atomic E-state index is 0.0996. The standard InChI is InChI=1S/C19H25N3O2/c1-15-4-2-3-5-17(15)14-19(24)21-10-7-16(8-11-21)18-6-9-20-22(18)12-13-23/h2-6,9,16,23H,7-8,10-14H2,1H3. The number of carbonyl (C=O) groups is 1. The molecule has 1 aromatic carbocycles. The molecule has 1 N–H and O–H groups in total. The van der Waals surface area contributed by atoms with Crippen LogP contribution in [0.5, 0.6) is 0 Å². The van der Waals surface area contributed by atoms with Gasteiger partial charge in [0.25, 0.3) is 0 Å². The molecule has 1 aliphatic heterocycles. The Hall–Kier alpha value is -2.14. The molecule has 1 aromatic heterocycles. The molecule has 1 fully saturated rings. The van der Waals surface area contributed by atoms with Gasteiger partial charge in [-0.1, -0.05) is 24.3 Å². The smallest absolute Gasteiger partial charge is 0.226 e. The normalized spacial score (nSPS) is 15.7. The van der Waals surface area contributed by atoms with E-state index in [1.165, 1.54) is 11.3 Å². The zero-order valence-corrected chi connectivity index (χ0v) is 14.2. The lowest BCUT2D eigenvalue weighted by atomic mass is 9.93. The van der Waals surface area contributed by atoms with Gasteiger partial charge in [-0.15, -0.1) is 0 Å². The molecule has 3 rings (SSSR count). The van der Waals surface area contributed by atoms with Crippen molar-refractivity contribution in [2.75, 3.05) is 19.7 Å². The average molecular weight is 327 g/mol. The number of hydrogen-bond donors (Lipinski definition) is 1. The Labute approximate surface area is 142 Å². The third-order valence-electron chi connectivity index (χ3n) is 4.93. The lowest BCUT2D eigenvalue weighted by Crippen LogP contribution is -2.39. The maximum Gasteiger partial charge on any atom is 0.226 e. The molecule has 0 bridgehead atoms. The summed E-state index contributed by atoms with van der Waals surface area (Å²) in [5.74, 6) is 0.633. The second-order valence-corrected chi connectivity index (χ2v) is 6.46. The van der Waals surface area contributed by atoms with E-state index in [1.807, 2.05) is 33.8 Å². The van der Waals surface area contributed by atoms with Gasteiger partial charge >= 0.3 is 0 Å². The molecule has 1 amide bonds. The molecule has 0 spiro atoms. The molecule has 5 nitrogen and oxygen atoms in total. The van der Waals surface area contributed by atoms with Crippen molar-refractivity contribution < 1.29 is 9.90 Å². The first-order valence-electron chi connectivity index (χ1n) is 8.64. The van der Waals surface area contributed by atoms with Crippen molar-refractivity contribution in [3.05, 3.63) is 53.3 Å². The van der Waals surface area contributed by atoms with Gasteiger partial charge in [0.1, 0.15) is 0 Å². The fraction of sp³-hybridized carbons (Fsp3) is 0.474. The fourth-order valence-corrected chi connectivity index (χ4v) is 3.48. The Morgan fingerprint density at radius 3 is 2.71 bits per heavy atom. The van der Waals surface area contributed by atoms with Crippen molar-refractivity contribution in [1.82, 2.24) is 14.7 Å². The minimum atomic E-state index is 0.0996. The molecule has 0 radical (unpaired) electrons. The predicted octanol–water partition coefficient (Wildman–Crippen LogP) is 2.13. The lowest BCUT2D eigenvalue weighted by molar-refractivity contribution is -0.131.